The molecule has 2 aromatic rings. The number of anilines is 1. The summed E-state index contributed by atoms with van der Waals surface area (Å²) in [6.45, 7) is 10.9. The maximum absolute atomic E-state index is 5.51. The molecule has 0 fully saturated rings. The van der Waals surface area contributed by atoms with Gasteiger partial charge in [-0.05, 0) is 39.7 Å². The lowest BCUT2D eigenvalue weighted by Gasteiger charge is -2.39. The second-order valence-electron chi connectivity index (χ2n) is 8.43. The molecule has 2 aromatic carbocycles. The second-order valence-corrected chi connectivity index (χ2v) is 12.2. The van der Waals surface area contributed by atoms with E-state index in [9.17, 15) is 0 Å². The number of hydrazone groups is 1. The third kappa shape index (κ3) is 3.31. The third-order valence-corrected chi connectivity index (χ3v) is 10.8. The summed E-state index contributed by atoms with van der Waals surface area (Å²) in [6.07, 6.45) is 2.06. The van der Waals surface area contributed by atoms with Gasteiger partial charge in [0.15, 0.2) is 7.36 Å². The molecule has 4 rings (SSSR count). The maximum Gasteiger partial charge on any atom is 0.174 e. The lowest BCUT2D eigenvalue weighted by molar-refractivity contribution is 0.452. The first-order valence-corrected chi connectivity index (χ1v) is 13.2. The van der Waals surface area contributed by atoms with Crippen LogP contribution in [0.4, 0.5) is 11.4 Å². The monoisotopic (exact) mass is 499 g/mol. The van der Waals surface area contributed by atoms with Crippen molar-refractivity contribution in [3.63, 3.8) is 0 Å². The number of likely N-dealkylation sites (N-methyl/N-ethyl adjacent to an activating group) is 1. The highest BCUT2D eigenvalue weighted by Gasteiger charge is 2.47. The number of benzene rings is 2. The molecular weight excluding hydrogens is 469 g/mol. The summed E-state index contributed by atoms with van der Waals surface area (Å²) >= 11 is 3.72. The van der Waals surface area contributed by atoms with Crippen molar-refractivity contribution in [1.29, 1.82) is 0 Å². The number of nitrogens with zero attached hydrogens (tertiary/aromatic N) is 5. The largest absolute Gasteiger partial charge is 0.346 e. The Morgan fingerprint density at radius 2 is 1.68 bits per heavy atom. The van der Waals surface area contributed by atoms with E-state index in [0.717, 1.165) is 23.2 Å². The van der Waals surface area contributed by atoms with Crippen molar-refractivity contribution in [1.82, 2.24) is 9.45 Å². The number of fused-ring (bicyclic) bond motifs is 1. The summed E-state index contributed by atoms with van der Waals surface area (Å²) in [4.78, 5) is 2.35. The van der Waals surface area contributed by atoms with Crippen molar-refractivity contribution in [2.24, 2.45) is 9.85 Å². The zero-order valence-corrected chi connectivity index (χ0v) is 21.7. The average molecular weight is 500 g/mol. The Balaban J connectivity index is 2.08. The Bertz CT molecular complexity index is 1120. The third-order valence-electron chi connectivity index (χ3n) is 6.41. The lowest BCUT2D eigenvalue weighted by atomic mass is 9.84. The van der Waals surface area contributed by atoms with E-state index in [4.69, 9.17) is 9.85 Å². The highest BCUT2D eigenvalue weighted by molar-refractivity contribution is 9.10. The molecule has 0 aliphatic carbocycles. The highest BCUT2D eigenvalue weighted by atomic mass is 79.9. The molecular formula is C24H31BrN5P. The molecule has 0 saturated heterocycles. The standard InChI is InChI=1S/C24H31BrN5P/c1-7-30(8-2)31(27-20-15-11-10-14-19(20)25)22(17-26-29(31)6)23-24(3,4)18-13-9-12-16-21(18)28(23)5/h9-17H,7-8H2,1-6H3/b23-22+/t31-/m1/s1. The first kappa shape index (κ1) is 22.3. The van der Waals surface area contributed by atoms with Gasteiger partial charge in [0.2, 0.25) is 0 Å². The van der Waals surface area contributed by atoms with Crippen LogP contribution in [0.5, 0.6) is 0 Å². The zero-order chi connectivity index (χ0) is 22.4. The van der Waals surface area contributed by atoms with E-state index in [1.807, 2.05) is 12.1 Å². The first-order valence-electron chi connectivity index (χ1n) is 10.8. The van der Waals surface area contributed by atoms with Gasteiger partial charge in [0.25, 0.3) is 0 Å². The van der Waals surface area contributed by atoms with Crippen LogP contribution < -0.4 is 4.90 Å². The van der Waals surface area contributed by atoms with E-state index in [2.05, 4.69) is 115 Å². The fraction of sp³-hybridized carbons (Fsp3) is 0.375. The van der Waals surface area contributed by atoms with Crippen LogP contribution in [0, 0.1) is 0 Å². The van der Waals surface area contributed by atoms with E-state index in [1.165, 1.54) is 22.3 Å². The van der Waals surface area contributed by atoms with Crippen LogP contribution in [0.3, 0.4) is 0 Å². The van der Waals surface area contributed by atoms with Crippen molar-refractivity contribution in [2.75, 3.05) is 32.1 Å². The van der Waals surface area contributed by atoms with Gasteiger partial charge >= 0.3 is 0 Å². The van der Waals surface area contributed by atoms with E-state index in [-0.39, 0.29) is 5.41 Å². The Hall–Kier alpha value is -1.88. The van der Waals surface area contributed by atoms with E-state index < -0.39 is 7.36 Å². The number of hydrogen-bond donors (Lipinski definition) is 0. The van der Waals surface area contributed by atoms with Gasteiger partial charge in [-0.3, -0.25) is 0 Å². The second kappa shape index (κ2) is 8.23. The van der Waals surface area contributed by atoms with Crippen LogP contribution in [-0.4, -0.2) is 42.8 Å². The lowest BCUT2D eigenvalue weighted by Crippen LogP contribution is -2.30. The van der Waals surface area contributed by atoms with Crippen LogP contribution in [0.1, 0.15) is 33.3 Å². The van der Waals surface area contributed by atoms with Crippen molar-refractivity contribution >= 4 is 40.9 Å². The molecule has 0 radical (unpaired) electrons. The molecule has 0 bridgehead atoms. The highest BCUT2D eigenvalue weighted by Crippen LogP contribution is 2.69. The SMILES string of the molecule is CCN(CC)[P@@]1(=Nc2ccccc2Br)/C(=C2/N(C)c3ccccc3C2(C)C)C=NN1C. The predicted molar refractivity (Wildman–Crippen MR) is 137 cm³/mol. The zero-order valence-electron chi connectivity index (χ0n) is 19.2. The van der Waals surface area contributed by atoms with Crippen LogP contribution in [0.15, 0.2) is 73.9 Å². The molecule has 31 heavy (non-hydrogen) atoms. The van der Waals surface area contributed by atoms with Gasteiger partial charge < -0.3 is 4.90 Å². The molecule has 2 heterocycles. The van der Waals surface area contributed by atoms with Crippen molar-refractivity contribution < 1.29 is 0 Å². The van der Waals surface area contributed by atoms with Crippen molar-refractivity contribution in [3.05, 3.63) is 69.6 Å². The van der Waals surface area contributed by atoms with Gasteiger partial charge in [-0.15, -0.1) is 0 Å². The minimum atomic E-state index is -2.32. The Morgan fingerprint density at radius 1 is 1.03 bits per heavy atom. The van der Waals surface area contributed by atoms with Crippen LogP contribution in [0.25, 0.3) is 0 Å². The normalized spacial score (nSPS) is 24.3. The summed E-state index contributed by atoms with van der Waals surface area (Å²) in [5, 5.41) is 6.08. The summed E-state index contributed by atoms with van der Waals surface area (Å²) in [5.74, 6) is 0. The molecule has 0 saturated carbocycles. The average Bonchev–Trinajstić information content (AvgIpc) is 3.16. The number of rotatable bonds is 4. The minimum absolute atomic E-state index is 0.139. The first-order chi connectivity index (χ1) is 14.8. The van der Waals surface area contributed by atoms with Crippen LogP contribution in [-0.2, 0) is 5.41 Å². The van der Waals surface area contributed by atoms with E-state index in [0.29, 0.717) is 0 Å². The fourth-order valence-corrected chi connectivity index (χ4v) is 9.16. The molecule has 1 atom stereocenters. The summed E-state index contributed by atoms with van der Waals surface area (Å²) in [6, 6.07) is 16.9. The number of halogens is 1. The molecule has 164 valence electrons. The fourth-order valence-electron chi connectivity index (χ4n) is 4.92. The molecule has 0 spiro atoms. The Labute approximate surface area is 194 Å². The van der Waals surface area contributed by atoms with Gasteiger partial charge in [-0.25, -0.2) is 14.2 Å². The Morgan fingerprint density at radius 3 is 2.32 bits per heavy atom. The van der Waals surface area contributed by atoms with Crippen molar-refractivity contribution in [2.45, 2.75) is 33.1 Å². The Kier molecular flexibility index (Phi) is 5.93. The molecule has 0 N–H and O–H groups in total. The molecule has 2 aliphatic rings. The number of para-hydroxylation sites is 1. The topological polar surface area (TPSA) is 34.4 Å². The maximum atomic E-state index is 5.51. The number of allylic oxidation sites excluding steroid dienone is 2. The van der Waals surface area contributed by atoms with Crippen LogP contribution in [0.2, 0.25) is 0 Å². The van der Waals surface area contributed by atoms with E-state index in [1.54, 1.807) is 0 Å². The molecule has 7 heteroatoms. The molecule has 2 aliphatic heterocycles. The van der Waals surface area contributed by atoms with Gasteiger partial charge in [-0.2, -0.15) is 5.10 Å². The summed E-state index contributed by atoms with van der Waals surface area (Å²) in [5.41, 5.74) is 4.73. The predicted octanol–water partition coefficient (Wildman–Crippen LogP) is 7.02. The molecule has 0 aromatic heterocycles. The van der Waals surface area contributed by atoms with Crippen LogP contribution >= 0.6 is 23.3 Å². The van der Waals surface area contributed by atoms with Gasteiger partial charge in [0, 0.05) is 48.5 Å². The summed E-state index contributed by atoms with van der Waals surface area (Å²) < 4.78 is 11.1. The smallest absolute Gasteiger partial charge is 0.174 e. The van der Waals surface area contributed by atoms with Gasteiger partial charge in [0.05, 0.1) is 17.2 Å². The van der Waals surface area contributed by atoms with E-state index >= 15 is 0 Å². The van der Waals surface area contributed by atoms with Gasteiger partial charge in [-0.1, -0.05) is 58.0 Å². The molecule has 5 nitrogen and oxygen atoms in total. The quantitative estimate of drug-likeness (QED) is 0.423. The molecule has 0 unspecified atom stereocenters. The molecule has 0 amide bonds. The van der Waals surface area contributed by atoms with Crippen molar-refractivity contribution in [3.8, 4) is 0 Å². The summed E-state index contributed by atoms with van der Waals surface area (Å²) in [7, 11) is 1.93. The minimum Gasteiger partial charge on any atom is -0.346 e. The van der Waals surface area contributed by atoms with Gasteiger partial charge in [0.1, 0.15) is 0 Å². The number of hydrogen-bond acceptors (Lipinski definition) is 3.